The number of aromatic hydroxyl groups is 1. The fourth-order valence-corrected chi connectivity index (χ4v) is 2.43. The zero-order valence-electron chi connectivity index (χ0n) is 14.5. The highest BCUT2D eigenvalue weighted by molar-refractivity contribution is 5.88. The molecule has 0 spiro atoms. The van der Waals surface area contributed by atoms with Gasteiger partial charge in [0.15, 0.2) is 0 Å². The minimum atomic E-state index is -0.882. The van der Waals surface area contributed by atoms with Crippen molar-refractivity contribution in [2.75, 3.05) is 0 Å². The molecule has 0 aliphatic heterocycles. The Bertz CT molecular complexity index is 499. The summed E-state index contributed by atoms with van der Waals surface area (Å²) in [7, 11) is 0. The fraction of sp³-hybridized carbons (Fsp3) is 0.579. The molecular weight excluding hydrogens is 306 g/mol. The number of ether oxygens (including phenoxy) is 1. The lowest BCUT2D eigenvalue weighted by atomic mass is 10.1. The van der Waals surface area contributed by atoms with Gasteiger partial charge in [0.05, 0.1) is 0 Å². The van der Waals surface area contributed by atoms with E-state index in [0.29, 0.717) is 0 Å². The van der Waals surface area contributed by atoms with Gasteiger partial charge in [0.25, 0.3) is 0 Å². The molecule has 1 aromatic rings. The largest absolute Gasteiger partial charge is 0.508 e. The summed E-state index contributed by atoms with van der Waals surface area (Å²) in [5.41, 5.74) is 6.57. The van der Waals surface area contributed by atoms with Gasteiger partial charge in [0.1, 0.15) is 11.8 Å². The van der Waals surface area contributed by atoms with E-state index in [1.807, 2.05) is 0 Å². The summed E-state index contributed by atoms with van der Waals surface area (Å²) in [5.74, 6) is -1.05. The highest BCUT2D eigenvalue weighted by Crippen LogP contribution is 2.12. The van der Waals surface area contributed by atoms with Gasteiger partial charge < -0.3 is 15.6 Å². The second kappa shape index (κ2) is 11.6. The Kier molecular flexibility index (Phi) is 9.77. The maximum Gasteiger partial charge on any atom is 0.330 e. The van der Waals surface area contributed by atoms with Crippen molar-refractivity contribution >= 4 is 11.9 Å². The molecule has 0 heterocycles. The van der Waals surface area contributed by atoms with E-state index in [4.69, 9.17) is 10.5 Å². The number of phenolic OH excluding ortho intramolecular Hbond substituents is 1. The lowest BCUT2D eigenvalue weighted by Crippen LogP contribution is -2.35. The van der Waals surface area contributed by atoms with Crippen LogP contribution in [-0.4, -0.2) is 23.1 Å². The summed E-state index contributed by atoms with van der Waals surface area (Å²) < 4.78 is 4.80. The molecule has 134 valence electrons. The molecule has 1 rings (SSSR count). The van der Waals surface area contributed by atoms with E-state index < -0.39 is 18.0 Å². The predicted molar refractivity (Wildman–Crippen MR) is 93.5 cm³/mol. The van der Waals surface area contributed by atoms with Crippen LogP contribution in [0.1, 0.15) is 63.9 Å². The molecular formula is C19H29NO4. The Hall–Kier alpha value is -1.88. The number of esters is 2. The van der Waals surface area contributed by atoms with Gasteiger partial charge in [-0.3, -0.25) is 4.79 Å². The van der Waals surface area contributed by atoms with Crippen LogP contribution in [-0.2, 0) is 20.7 Å². The van der Waals surface area contributed by atoms with Gasteiger partial charge >= 0.3 is 11.9 Å². The fourth-order valence-electron chi connectivity index (χ4n) is 2.43. The first-order valence-corrected chi connectivity index (χ1v) is 8.81. The number of hydrogen-bond acceptors (Lipinski definition) is 5. The Labute approximate surface area is 144 Å². The van der Waals surface area contributed by atoms with E-state index in [-0.39, 0.29) is 18.6 Å². The molecule has 0 bridgehead atoms. The Balaban J connectivity index is 2.18. The van der Waals surface area contributed by atoms with Gasteiger partial charge in [-0.25, -0.2) is 4.79 Å². The Morgan fingerprint density at radius 3 is 2.25 bits per heavy atom. The van der Waals surface area contributed by atoms with Gasteiger partial charge in [-0.1, -0.05) is 57.6 Å². The first kappa shape index (κ1) is 20.2. The molecule has 0 fully saturated rings. The topological polar surface area (TPSA) is 89.6 Å². The Morgan fingerprint density at radius 2 is 1.62 bits per heavy atom. The van der Waals surface area contributed by atoms with Crippen LogP contribution in [0.4, 0.5) is 0 Å². The number of carbonyl (C=O) groups is 2. The van der Waals surface area contributed by atoms with Crippen molar-refractivity contribution in [3.8, 4) is 5.75 Å². The minimum absolute atomic E-state index is 0.153. The lowest BCUT2D eigenvalue weighted by molar-refractivity contribution is -0.160. The number of carbonyl (C=O) groups excluding carboxylic acids is 2. The average molecular weight is 335 g/mol. The van der Waals surface area contributed by atoms with Crippen LogP contribution in [0.2, 0.25) is 0 Å². The van der Waals surface area contributed by atoms with Crippen LogP contribution < -0.4 is 5.73 Å². The second-order valence-corrected chi connectivity index (χ2v) is 6.14. The maximum absolute atomic E-state index is 11.8. The van der Waals surface area contributed by atoms with Gasteiger partial charge in [0, 0.05) is 6.42 Å². The summed E-state index contributed by atoms with van der Waals surface area (Å²) in [5, 5.41) is 9.21. The molecule has 0 aliphatic carbocycles. The number of nitrogens with two attached hydrogens (primary N) is 1. The van der Waals surface area contributed by atoms with Crippen molar-refractivity contribution in [2.24, 2.45) is 5.73 Å². The van der Waals surface area contributed by atoms with Crippen LogP contribution in [0.3, 0.4) is 0 Å². The van der Waals surface area contributed by atoms with Gasteiger partial charge in [-0.05, 0) is 30.5 Å². The quantitative estimate of drug-likeness (QED) is 0.367. The number of phenols is 1. The minimum Gasteiger partial charge on any atom is -0.508 e. The van der Waals surface area contributed by atoms with E-state index in [0.717, 1.165) is 24.8 Å². The molecule has 0 amide bonds. The first-order valence-electron chi connectivity index (χ1n) is 8.81. The molecule has 1 aromatic carbocycles. The monoisotopic (exact) mass is 335 g/mol. The van der Waals surface area contributed by atoms with E-state index in [9.17, 15) is 14.7 Å². The summed E-state index contributed by atoms with van der Waals surface area (Å²) in [6.45, 7) is 2.18. The number of rotatable bonds is 11. The van der Waals surface area contributed by atoms with E-state index in [1.165, 1.54) is 37.8 Å². The normalized spacial score (nSPS) is 11.9. The van der Waals surface area contributed by atoms with Gasteiger partial charge in [-0.15, -0.1) is 0 Å². The van der Waals surface area contributed by atoms with Crippen LogP contribution >= 0.6 is 0 Å². The third-order valence-corrected chi connectivity index (χ3v) is 3.89. The summed E-state index contributed by atoms with van der Waals surface area (Å²) >= 11 is 0. The van der Waals surface area contributed by atoms with E-state index in [1.54, 1.807) is 12.1 Å². The molecule has 0 radical (unpaired) electrons. The zero-order valence-corrected chi connectivity index (χ0v) is 14.5. The van der Waals surface area contributed by atoms with Crippen LogP contribution in [0.15, 0.2) is 24.3 Å². The van der Waals surface area contributed by atoms with E-state index >= 15 is 0 Å². The molecule has 1 unspecified atom stereocenters. The summed E-state index contributed by atoms with van der Waals surface area (Å²) in [6, 6.07) is 5.54. The van der Waals surface area contributed by atoms with Gasteiger partial charge in [-0.2, -0.15) is 0 Å². The van der Waals surface area contributed by atoms with E-state index in [2.05, 4.69) is 6.92 Å². The van der Waals surface area contributed by atoms with Crippen LogP contribution in [0.25, 0.3) is 0 Å². The molecule has 24 heavy (non-hydrogen) atoms. The summed E-state index contributed by atoms with van der Waals surface area (Å²) in [6.07, 6.45) is 8.27. The summed E-state index contributed by atoms with van der Waals surface area (Å²) in [4.78, 5) is 23.5. The molecule has 0 saturated heterocycles. The van der Waals surface area contributed by atoms with Crippen LogP contribution in [0.5, 0.6) is 5.75 Å². The van der Waals surface area contributed by atoms with Crippen molar-refractivity contribution in [2.45, 2.75) is 70.8 Å². The van der Waals surface area contributed by atoms with Crippen molar-refractivity contribution in [3.63, 3.8) is 0 Å². The van der Waals surface area contributed by atoms with Crippen molar-refractivity contribution in [1.82, 2.24) is 0 Å². The zero-order chi connectivity index (χ0) is 17.8. The van der Waals surface area contributed by atoms with Crippen molar-refractivity contribution in [1.29, 1.82) is 0 Å². The van der Waals surface area contributed by atoms with Crippen molar-refractivity contribution < 1.29 is 19.4 Å². The smallest absolute Gasteiger partial charge is 0.330 e. The maximum atomic E-state index is 11.8. The molecule has 0 saturated carbocycles. The highest BCUT2D eigenvalue weighted by atomic mass is 16.6. The third-order valence-electron chi connectivity index (χ3n) is 3.89. The number of hydrogen-bond donors (Lipinski definition) is 2. The first-order chi connectivity index (χ1) is 11.5. The van der Waals surface area contributed by atoms with Crippen LogP contribution in [0, 0.1) is 0 Å². The standard InChI is InChI=1S/C19H29NO4/c1-2-3-4-5-6-7-8-9-18(22)24-19(23)17(20)14-15-10-12-16(21)13-11-15/h10-13,17,21H,2-9,14,20H2,1H3. The Morgan fingerprint density at radius 1 is 1.04 bits per heavy atom. The molecule has 0 aromatic heterocycles. The molecule has 3 N–H and O–H groups in total. The molecule has 0 aliphatic rings. The predicted octanol–water partition coefficient (Wildman–Crippen LogP) is 3.47. The third kappa shape index (κ3) is 8.67. The number of unbranched alkanes of at least 4 members (excludes halogenated alkanes) is 6. The second-order valence-electron chi connectivity index (χ2n) is 6.14. The molecule has 5 nitrogen and oxygen atoms in total. The number of benzene rings is 1. The SMILES string of the molecule is CCCCCCCCCC(=O)OC(=O)C(N)Cc1ccc(O)cc1. The molecule has 5 heteroatoms. The molecule has 1 atom stereocenters. The lowest BCUT2D eigenvalue weighted by Gasteiger charge is -2.10. The van der Waals surface area contributed by atoms with Gasteiger partial charge in [0.2, 0.25) is 0 Å². The average Bonchev–Trinajstić information content (AvgIpc) is 2.56. The van der Waals surface area contributed by atoms with Crippen molar-refractivity contribution in [3.05, 3.63) is 29.8 Å². The highest BCUT2D eigenvalue weighted by Gasteiger charge is 2.19.